The maximum Gasteiger partial charge on any atom is 0.454 e. The van der Waals surface area contributed by atoms with Crippen LogP contribution in [0.5, 0.6) is 0 Å². The largest absolute Gasteiger partial charge is 0.454 e. The maximum absolute atomic E-state index is 12.0. The van der Waals surface area contributed by atoms with Crippen molar-refractivity contribution in [2.24, 2.45) is 0 Å². The highest BCUT2D eigenvalue weighted by Gasteiger charge is 2.40. The van der Waals surface area contributed by atoms with Gasteiger partial charge in [0.1, 0.15) is 0 Å². The van der Waals surface area contributed by atoms with Crippen LogP contribution in [-0.2, 0) is 6.54 Å². The maximum atomic E-state index is 12.0. The molecule has 1 heterocycles. The van der Waals surface area contributed by atoms with Crippen LogP contribution >= 0.6 is 0 Å². The first-order chi connectivity index (χ1) is 6.38. The topological polar surface area (TPSA) is 34.9 Å². The highest BCUT2D eigenvalue weighted by Crippen LogP contribution is 2.22. The number of carbonyl (C=O) groups is 1. The second kappa shape index (κ2) is 3.43. The first-order valence-corrected chi connectivity index (χ1v) is 4.01. The number of ketones is 1. The van der Waals surface area contributed by atoms with Crippen LogP contribution in [-0.4, -0.2) is 21.7 Å². The Hall–Kier alpha value is -1.33. The molecule has 0 spiro atoms. The van der Waals surface area contributed by atoms with Crippen LogP contribution in [0.25, 0.3) is 0 Å². The Labute approximate surface area is 78.5 Å². The predicted octanol–water partition coefficient (Wildman–Crippen LogP) is 1.96. The van der Waals surface area contributed by atoms with E-state index in [1.54, 1.807) is 6.92 Å². The lowest BCUT2D eigenvalue weighted by Crippen LogP contribution is -2.23. The number of rotatable bonds is 2. The third-order valence-electron chi connectivity index (χ3n) is 1.90. The van der Waals surface area contributed by atoms with Gasteiger partial charge in [0, 0.05) is 12.2 Å². The minimum atomic E-state index is -4.83. The van der Waals surface area contributed by atoms with Gasteiger partial charge in [-0.2, -0.15) is 18.3 Å². The molecule has 0 saturated carbocycles. The molecule has 78 valence electrons. The van der Waals surface area contributed by atoms with Gasteiger partial charge in [0.05, 0.1) is 11.8 Å². The number of aromatic nitrogens is 2. The summed E-state index contributed by atoms with van der Waals surface area (Å²) >= 11 is 0. The van der Waals surface area contributed by atoms with E-state index in [2.05, 4.69) is 5.10 Å². The lowest BCUT2D eigenvalue weighted by molar-refractivity contribution is -0.0885. The zero-order valence-electron chi connectivity index (χ0n) is 7.72. The predicted molar refractivity (Wildman–Crippen MR) is 43.0 cm³/mol. The van der Waals surface area contributed by atoms with Crippen LogP contribution < -0.4 is 0 Å². The fourth-order valence-electron chi connectivity index (χ4n) is 1.14. The van der Waals surface area contributed by atoms with Gasteiger partial charge >= 0.3 is 6.18 Å². The van der Waals surface area contributed by atoms with Gasteiger partial charge in [-0.15, -0.1) is 0 Å². The average Bonchev–Trinajstić information content (AvgIpc) is 2.43. The van der Waals surface area contributed by atoms with Gasteiger partial charge in [0.15, 0.2) is 0 Å². The van der Waals surface area contributed by atoms with Gasteiger partial charge in [-0.1, -0.05) is 0 Å². The van der Waals surface area contributed by atoms with Crippen LogP contribution in [0.2, 0.25) is 0 Å². The number of hydrogen-bond donors (Lipinski definition) is 0. The Kier molecular flexibility index (Phi) is 2.64. The summed E-state index contributed by atoms with van der Waals surface area (Å²) in [6, 6.07) is 0. The van der Waals surface area contributed by atoms with Crippen LogP contribution in [0, 0.1) is 6.92 Å². The quantitative estimate of drug-likeness (QED) is 0.693. The molecule has 0 aliphatic rings. The molecule has 0 aromatic carbocycles. The first-order valence-electron chi connectivity index (χ1n) is 4.01. The zero-order valence-corrected chi connectivity index (χ0v) is 7.72. The van der Waals surface area contributed by atoms with Crippen molar-refractivity contribution in [3.63, 3.8) is 0 Å². The summed E-state index contributed by atoms with van der Waals surface area (Å²) in [4.78, 5) is 10.8. The molecule has 0 bridgehead atoms. The van der Waals surface area contributed by atoms with Crippen molar-refractivity contribution in [3.8, 4) is 0 Å². The van der Waals surface area contributed by atoms with Crippen molar-refractivity contribution in [3.05, 3.63) is 17.5 Å². The van der Waals surface area contributed by atoms with E-state index in [-0.39, 0.29) is 11.3 Å². The van der Waals surface area contributed by atoms with E-state index in [1.807, 2.05) is 0 Å². The number of aryl methyl sites for hydroxylation is 1. The molecule has 1 aromatic heterocycles. The number of carbonyl (C=O) groups excluding carboxylic acids is 1. The van der Waals surface area contributed by atoms with E-state index in [0.29, 0.717) is 6.54 Å². The Bertz CT molecular complexity index is 354. The summed E-state index contributed by atoms with van der Waals surface area (Å²) in [5.74, 6) is -1.84. The summed E-state index contributed by atoms with van der Waals surface area (Å²) in [5, 5.41) is 3.66. The molecular weight excluding hydrogens is 197 g/mol. The minimum Gasteiger partial charge on any atom is -0.284 e. The second-order valence-corrected chi connectivity index (χ2v) is 2.79. The van der Waals surface area contributed by atoms with Crippen molar-refractivity contribution in [1.29, 1.82) is 0 Å². The van der Waals surface area contributed by atoms with Crippen LogP contribution in [0.4, 0.5) is 13.2 Å². The summed E-state index contributed by atoms with van der Waals surface area (Å²) in [5.41, 5.74) is -0.130. The monoisotopic (exact) mass is 206 g/mol. The molecule has 14 heavy (non-hydrogen) atoms. The fourth-order valence-corrected chi connectivity index (χ4v) is 1.14. The van der Waals surface area contributed by atoms with Crippen molar-refractivity contribution in [1.82, 2.24) is 9.78 Å². The molecular formula is C8H9F3N2O. The van der Waals surface area contributed by atoms with Gasteiger partial charge in [0.2, 0.25) is 0 Å². The summed E-state index contributed by atoms with van der Waals surface area (Å²) < 4.78 is 37.5. The van der Waals surface area contributed by atoms with E-state index in [1.165, 1.54) is 11.6 Å². The number of halogens is 3. The Balaban J connectivity index is 3.09. The number of Topliss-reactive ketones (excluding diaryl/α,β-unsaturated/α-hetero) is 1. The number of hydrogen-bond acceptors (Lipinski definition) is 2. The van der Waals surface area contributed by atoms with E-state index in [0.717, 1.165) is 6.20 Å². The normalized spacial score (nSPS) is 11.8. The highest BCUT2D eigenvalue weighted by molar-refractivity contribution is 6.00. The van der Waals surface area contributed by atoms with Crippen molar-refractivity contribution in [2.75, 3.05) is 0 Å². The molecule has 6 heteroatoms. The van der Waals surface area contributed by atoms with Crippen LogP contribution in [0.3, 0.4) is 0 Å². The number of alkyl halides is 3. The standard InChI is InChI=1S/C8H9F3N2O/c1-3-13-5(2)6(4-12-13)7(14)8(9,10)11/h4H,3H2,1-2H3. The van der Waals surface area contributed by atoms with Gasteiger partial charge in [-0.05, 0) is 13.8 Å². The van der Waals surface area contributed by atoms with Gasteiger partial charge < -0.3 is 0 Å². The second-order valence-electron chi connectivity index (χ2n) is 2.79. The summed E-state index contributed by atoms with van der Waals surface area (Å²) in [6.07, 6.45) is -3.87. The Morgan fingerprint density at radius 1 is 1.57 bits per heavy atom. The van der Waals surface area contributed by atoms with Crippen LogP contribution in [0.15, 0.2) is 6.20 Å². The van der Waals surface area contributed by atoms with E-state index in [9.17, 15) is 18.0 Å². The van der Waals surface area contributed by atoms with Crippen molar-refractivity contribution in [2.45, 2.75) is 26.6 Å². The van der Waals surface area contributed by atoms with Crippen molar-refractivity contribution < 1.29 is 18.0 Å². The first kappa shape index (κ1) is 10.7. The summed E-state index contributed by atoms with van der Waals surface area (Å²) in [6.45, 7) is 3.62. The lowest BCUT2D eigenvalue weighted by Gasteiger charge is -2.04. The molecule has 0 unspecified atom stereocenters. The number of nitrogens with zero attached hydrogens (tertiary/aromatic N) is 2. The van der Waals surface area contributed by atoms with E-state index >= 15 is 0 Å². The molecule has 3 nitrogen and oxygen atoms in total. The zero-order chi connectivity index (χ0) is 10.9. The molecule has 1 aromatic rings. The fraction of sp³-hybridized carbons (Fsp3) is 0.500. The molecule has 0 aliphatic heterocycles. The van der Waals surface area contributed by atoms with Crippen LogP contribution in [0.1, 0.15) is 23.0 Å². The smallest absolute Gasteiger partial charge is 0.284 e. The molecule has 0 fully saturated rings. The molecule has 0 amide bonds. The average molecular weight is 206 g/mol. The molecule has 0 saturated heterocycles. The molecule has 0 atom stereocenters. The Morgan fingerprint density at radius 2 is 2.14 bits per heavy atom. The molecule has 0 N–H and O–H groups in total. The lowest BCUT2D eigenvalue weighted by atomic mass is 10.1. The highest BCUT2D eigenvalue weighted by atomic mass is 19.4. The molecule has 0 aliphatic carbocycles. The van der Waals surface area contributed by atoms with Gasteiger partial charge in [-0.25, -0.2) is 0 Å². The molecule has 1 rings (SSSR count). The third-order valence-corrected chi connectivity index (χ3v) is 1.90. The summed E-state index contributed by atoms with van der Waals surface area (Å²) in [7, 11) is 0. The SMILES string of the molecule is CCn1ncc(C(=O)C(F)(F)F)c1C. The van der Waals surface area contributed by atoms with E-state index < -0.39 is 12.0 Å². The van der Waals surface area contributed by atoms with E-state index in [4.69, 9.17) is 0 Å². The van der Waals surface area contributed by atoms with Gasteiger partial charge in [0.25, 0.3) is 5.78 Å². The third kappa shape index (κ3) is 1.78. The van der Waals surface area contributed by atoms with Gasteiger partial charge in [-0.3, -0.25) is 9.48 Å². The molecule has 0 radical (unpaired) electrons. The van der Waals surface area contributed by atoms with Crippen molar-refractivity contribution >= 4 is 5.78 Å². The minimum absolute atomic E-state index is 0.245. The Morgan fingerprint density at radius 3 is 2.50 bits per heavy atom.